The van der Waals surface area contributed by atoms with Crippen LogP contribution in [-0.2, 0) is 6.54 Å². The number of halogens is 1. The predicted octanol–water partition coefficient (Wildman–Crippen LogP) is 3.47. The first kappa shape index (κ1) is 22.7. The van der Waals surface area contributed by atoms with Gasteiger partial charge in [0.1, 0.15) is 29.8 Å². The Labute approximate surface area is 185 Å². The molecule has 0 spiro atoms. The first-order valence-corrected chi connectivity index (χ1v) is 10.0. The summed E-state index contributed by atoms with van der Waals surface area (Å²) in [6.07, 6.45) is 1.94. The van der Waals surface area contributed by atoms with E-state index in [9.17, 15) is 18.8 Å². The monoisotopic (exact) mass is 434 g/mol. The van der Waals surface area contributed by atoms with Crippen LogP contribution in [-0.4, -0.2) is 28.1 Å². The van der Waals surface area contributed by atoms with Crippen LogP contribution in [0.1, 0.15) is 66.6 Å². The van der Waals surface area contributed by atoms with Gasteiger partial charge in [0.05, 0.1) is 6.04 Å². The number of nitrogens with one attached hydrogen (secondary N) is 2. The maximum atomic E-state index is 13.4. The van der Waals surface area contributed by atoms with E-state index in [0.717, 1.165) is 29.3 Å². The fraction of sp³-hybridized carbons (Fsp3) is 0.208. The molecule has 8 heteroatoms. The van der Waals surface area contributed by atoms with Crippen LogP contribution >= 0.6 is 0 Å². The van der Waals surface area contributed by atoms with Crippen LogP contribution < -0.4 is 10.6 Å². The van der Waals surface area contributed by atoms with Gasteiger partial charge in [0.25, 0.3) is 11.8 Å². The number of rotatable bonds is 7. The second kappa shape index (κ2) is 9.91. The molecule has 2 N–H and O–H groups in total. The van der Waals surface area contributed by atoms with Crippen LogP contribution in [0.2, 0.25) is 0 Å². The van der Waals surface area contributed by atoms with E-state index in [1.54, 1.807) is 31.2 Å². The molecule has 0 aliphatic carbocycles. The van der Waals surface area contributed by atoms with Crippen LogP contribution in [0.4, 0.5) is 4.39 Å². The highest BCUT2D eigenvalue weighted by Gasteiger charge is 2.16. The largest absolute Gasteiger partial charge is 0.347 e. The number of carbonyl (C=O) groups excluding carboxylic acids is 3. The normalized spacial score (nSPS) is 11.5. The zero-order chi connectivity index (χ0) is 23.3. The van der Waals surface area contributed by atoms with Crippen molar-refractivity contribution >= 4 is 18.1 Å². The highest BCUT2D eigenvalue weighted by molar-refractivity contribution is 5.97. The molecule has 1 aromatic heterocycles. The third kappa shape index (κ3) is 5.40. The third-order valence-corrected chi connectivity index (χ3v) is 5.08. The standard InChI is InChI=1S/C24H23FN4O3/c1-14-9-18(5-6-19(14)12-30)16(3)29-24(32)22-10-21(27-13-28-22)23(31)26-11-17-4-7-20(25)15(2)8-17/h4-10,12-13,16H,11H2,1-3H3,(H,26,31)(H,29,32). The number of nitrogens with zero attached hydrogens (tertiary/aromatic N) is 2. The summed E-state index contributed by atoms with van der Waals surface area (Å²) in [5, 5.41) is 5.53. The van der Waals surface area contributed by atoms with Crippen molar-refractivity contribution in [2.24, 2.45) is 0 Å². The zero-order valence-electron chi connectivity index (χ0n) is 18.0. The van der Waals surface area contributed by atoms with Gasteiger partial charge >= 0.3 is 0 Å². The Hall–Kier alpha value is -3.94. The van der Waals surface area contributed by atoms with E-state index in [1.165, 1.54) is 12.1 Å². The van der Waals surface area contributed by atoms with Crippen molar-refractivity contribution in [3.05, 3.63) is 93.8 Å². The summed E-state index contributed by atoms with van der Waals surface area (Å²) in [7, 11) is 0. The van der Waals surface area contributed by atoms with E-state index in [4.69, 9.17) is 0 Å². The predicted molar refractivity (Wildman–Crippen MR) is 117 cm³/mol. The topological polar surface area (TPSA) is 101 Å². The van der Waals surface area contributed by atoms with Crippen LogP contribution in [0.3, 0.4) is 0 Å². The summed E-state index contributed by atoms with van der Waals surface area (Å²) >= 11 is 0. The van der Waals surface area contributed by atoms with Crippen molar-refractivity contribution in [2.45, 2.75) is 33.4 Å². The van der Waals surface area contributed by atoms with Crippen molar-refractivity contribution in [3.63, 3.8) is 0 Å². The minimum Gasteiger partial charge on any atom is -0.347 e. The molecule has 0 radical (unpaired) electrons. The Bertz CT molecular complexity index is 1180. The van der Waals surface area contributed by atoms with Crippen molar-refractivity contribution in [2.75, 3.05) is 0 Å². The van der Waals surface area contributed by atoms with E-state index < -0.39 is 11.8 Å². The summed E-state index contributed by atoms with van der Waals surface area (Å²) in [4.78, 5) is 44.0. The van der Waals surface area contributed by atoms with Crippen molar-refractivity contribution in [1.82, 2.24) is 20.6 Å². The maximum Gasteiger partial charge on any atom is 0.270 e. The second-order valence-electron chi connectivity index (χ2n) is 7.48. The zero-order valence-corrected chi connectivity index (χ0v) is 18.0. The Morgan fingerprint density at radius 3 is 2.38 bits per heavy atom. The number of carbonyl (C=O) groups is 3. The smallest absolute Gasteiger partial charge is 0.270 e. The average molecular weight is 434 g/mol. The lowest BCUT2D eigenvalue weighted by Crippen LogP contribution is -2.29. The number of hydrogen-bond acceptors (Lipinski definition) is 5. The number of aromatic nitrogens is 2. The second-order valence-corrected chi connectivity index (χ2v) is 7.48. The first-order chi connectivity index (χ1) is 15.3. The molecule has 0 fully saturated rings. The van der Waals surface area contributed by atoms with Gasteiger partial charge in [0.2, 0.25) is 0 Å². The molecule has 1 unspecified atom stereocenters. The third-order valence-electron chi connectivity index (χ3n) is 5.08. The average Bonchev–Trinajstić information content (AvgIpc) is 2.79. The molecule has 2 amide bonds. The molecule has 0 aliphatic rings. The minimum absolute atomic E-state index is 0.0443. The van der Waals surface area contributed by atoms with E-state index in [0.29, 0.717) is 11.1 Å². The molecule has 1 heterocycles. The van der Waals surface area contributed by atoms with Gasteiger partial charge in [0, 0.05) is 18.2 Å². The van der Waals surface area contributed by atoms with Gasteiger partial charge in [-0.15, -0.1) is 0 Å². The van der Waals surface area contributed by atoms with Crippen LogP contribution in [0.5, 0.6) is 0 Å². The summed E-state index contributed by atoms with van der Waals surface area (Å²) in [6.45, 7) is 5.48. The molecule has 1 atom stereocenters. The van der Waals surface area contributed by atoms with Gasteiger partial charge in [-0.05, 0) is 49.1 Å². The van der Waals surface area contributed by atoms with Gasteiger partial charge in [0.15, 0.2) is 0 Å². The minimum atomic E-state index is -0.475. The molecule has 32 heavy (non-hydrogen) atoms. The molecule has 3 rings (SSSR count). The van der Waals surface area contributed by atoms with Crippen LogP contribution in [0, 0.1) is 19.7 Å². The van der Waals surface area contributed by atoms with Gasteiger partial charge in [-0.2, -0.15) is 0 Å². The molecular weight excluding hydrogens is 411 g/mol. The maximum absolute atomic E-state index is 13.4. The summed E-state index contributed by atoms with van der Waals surface area (Å²) in [5.74, 6) is -1.24. The summed E-state index contributed by atoms with van der Waals surface area (Å²) in [5.41, 5.74) is 3.57. The molecule has 0 saturated heterocycles. The Morgan fingerprint density at radius 1 is 1.00 bits per heavy atom. The summed E-state index contributed by atoms with van der Waals surface area (Å²) < 4.78 is 13.4. The Balaban J connectivity index is 1.65. The quantitative estimate of drug-likeness (QED) is 0.555. The van der Waals surface area contributed by atoms with E-state index in [-0.39, 0.29) is 29.8 Å². The van der Waals surface area contributed by atoms with Crippen molar-refractivity contribution in [3.8, 4) is 0 Å². The number of aldehydes is 1. The van der Waals surface area contributed by atoms with Gasteiger partial charge in [-0.1, -0.05) is 30.3 Å². The Morgan fingerprint density at radius 2 is 1.72 bits per heavy atom. The fourth-order valence-electron chi connectivity index (χ4n) is 3.15. The van der Waals surface area contributed by atoms with Crippen LogP contribution in [0.25, 0.3) is 0 Å². The molecular formula is C24H23FN4O3. The van der Waals surface area contributed by atoms with E-state index in [2.05, 4.69) is 20.6 Å². The highest BCUT2D eigenvalue weighted by Crippen LogP contribution is 2.17. The lowest BCUT2D eigenvalue weighted by atomic mass is 10.0. The molecule has 164 valence electrons. The number of hydrogen-bond donors (Lipinski definition) is 2. The van der Waals surface area contributed by atoms with Gasteiger partial charge < -0.3 is 10.6 Å². The van der Waals surface area contributed by atoms with Gasteiger partial charge in [-0.25, -0.2) is 14.4 Å². The molecule has 0 saturated carbocycles. The SMILES string of the molecule is Cc1cc(CNC(=O)c2cc(C(=O)NC(C)c3ccc(C=O)c(C)c3)ncn2)ccc1F. The van der Waals surface area contributed by atoms with Crippen molar-refractivity contribution in [1.29, 1.82) is 0 Å². The molecule has 7 nitrogen and oxygen atoms in total. The molecule has 0 aliphatic heterocycles. The van der Waals surface area contributed by atoms with Gasteiger partial charge in [-0.3, -0.25) is 14.4 Å². The molecule has 3 aromatic rings. The number of amides is 2. The van der Waals surface area contributed by atoms with Crippen LogP contribution in [0.15, 0.2) is 48.8 Å². The number of aryl methyl sites for hydroxylation is 2. The first-order valence-electron chi connectivity index (χ1n) is 10.0. The Kier molecular flexibility index (Phi) is 7.04. The summed E-state index contributed by atoms with van der Waals surface area (Å²) in [6, 6.07) is 10.9. The lowest BCUT2D eigenvalue weighted by molar-refractivity contribution is 0.0934. The van der Waals surface area contributed by atoms with E-state index in [1.807, 2.05) is 19.9 Å². The lowest BCUT2D eigenvalue weighted by Gasteiger charge is -2.15. The molecule has 0 bridgehead atoms. The molecule has 2 aromatic carbocycles. The number of benzene rings is 2. The van der Waals surface area contributed by atoms with Crippen molar-refractivity contribution < 1.29 is 18.8 Å². The fourth-order valence-corrected chi connectivity index (χ4v) is 3.15. The van der Waals surface area contributed by atoms with E-state index >= 15 is 0 Å². The highest BCUT2D eigenvalue weighted by atomic mass is 19.1.